The second-order valence-corrected chi connectivity index (χ2v) is 5.09. The maximum absolute atomic E-state index is 5.50. The first kappa shape index (κ1) is 16.7. The Labute approximate surface area is 120 Å². The van der Waals surface area contributed by atoms with Crippen molar-refractivity contribution in [3.05, 3.63) is 11.9 Å². The van der Waals surface area contributed by atoms with Crippen LogP contribution in [-0.2, 0) is 4.74 Å². The van der Waals surface area contributed by atoms with E-state index < -0.39 is 0 Å². The molecule has 0 spiro atoms. The van der Waals surface area contributed by atoms with Crippen LogP contribution in [0.2, 0.25) is 0 Å². The lowest BCUT2D eigenvalue weighted by molar-refractivity contribution is 0.00638. The summed E-state index contributed by atoms with van der Waals surface area (Å²) in [4.78, 5) is 8.71. The number of aromatic nitrogens is 2. The van der Waals surface area contributed by atoms with Gasteiger partial charge in [0, 0.05) is 7.11 Å². The SMILES string of the molecule is CCNC(CC(C)(C)OC)c1ncc(OC)nc1OC. The molecule has 1 atom stereocenters. The molecule has 0 bridgehead atoms. The average Bonchev–Trinajstić information content (AvgIpc) is 2.46. The third-order valence-electron chi connectivity index (χ3n) is 3.18. The van der Waals surface area contributed by atoms with E-state index in [1.807, 2.05) is 13.8 Å². The molecular weight excluding hydrogens is 258 g/mol. The smallest absolute Gasteiger partial charge is 0.240 e. The van der Waals surface area contributed by atoms with Crippen LogP contribution in [0, 0.1) is 0 Å². The number of hydrogen-bond donors (Lipinski definition) is 1. The van der Waals surface area contributed by atoms with Crippen molar-refractivity contribution in [2.75, 3.05) is 27.9 Å². The van der Waals surface area contributed by atoms with Gasteiger partial charge in [0.05, 0.1) is 32.1 Å². The van der Waals surface area contributed by atoms with Crippen LogP contribution in [0.1, 0.15) is 38.9 Å². The molecule has 0 aliphatic carbocycles. The molecule has 114 valence electrons. The minimum Gasteiger partial charge on any atom is -0.480 e. The maximum Gasteiger partial charge on any atom is 0.240 e. The molecule has 1 aromatic rings. The van der Waals surface area contributed by atoms with Crippen LogP contribution in [0.5, 0.6) is 11.8 Å². The third kappa shape index (κ3) is 4.31. The molecular formula is C14H25N3O3. The molecule has 1 unspecified atom stereocenters. The lowest BCUT2D eigenvalue weighted by Gasteiger charge is -2.29. The average molecular weight is 283 g/mol. The predicted molar refractivity (Wildman–Crippen MR) is 77.3 cm³/mol. The molecule has 0 saturated heterocycles. The highest BCUT2D eigenvalue weighted by Gasteiger charge is 2.27. The van der Waals surface area contributed by atoms with Gasteiger partial charge in [-0.05, 0) is 26.8 Å². The first-order valence-electron chi connectivity index (χ1n) is 6.70. The van der Waals surface area contributed by atoms with Crippen molar-refractivity contribution in [1.29, 1.82) is 0 Å². The van der Waals surface area contributed by atoms with Crippen molar-refractivity contribution in [2.45, 2.75) is 38.8 Å². The van der Waals surface area contributed by atoms with Gasteiger partial charge in [0.25, 0.3) is 0 Å². The molecule has 1 rings (SSSR count). The fourth-order valence-corrected chi connectivity index (χ4v) is 1.94. The molecule has 1 heterocycles. The maximum atomic E-state index is 5.50. The van der Waals surface area contributed by atoms with E-state index in [4.69, 9.17) is 14.2 Å². The fraction of sp³-hybridized carbons (Fsp3) is 0.714. The number of nitrogens with zero attached hydrogens (tertiary/aromatic N) is 2. The highest BCUT2D eigenvalue weighted by Crippen LogP contribution is 2.30. The lowest BCUT2D eigenvalue weighted by atomic mass is 9.96. The van der Waals surface area contributed by atoms with Crippen molar-refractivity contribution in [1.82, 2.24) is 15.3 Å². The zero-order valence-corrected chi connectivity index (χ0v) is 13.2. The van der Waals surface area contributed by atoms with Crippen molar-refractivity contribution >= 4 is 0 Å². The Bertz CT molecular complexity index is 424. The second kappa shape index (κ2) is 7.40. The van der Waals surface area contributed by atoms with Gasteiger partial charge in [-0.1, -0.05) is 6.92 Å². The van der Waals surface area contributed by atoms with Gasteiger partial charge in [-0.25, -0.2) is 4.98 Å². The number of methoxy groups -OCH3 is 3. The van der Waals surface area contributed by atoms with Gasteiger partial charge in [0.1, 0.15) is 5.69 Å². The van der Waals surface area contributed by atoms with E-state index in [9.17, 15) is 0 Å². The van der Waals surface area contributed by atoms with Crippen LogP contribution in [0.15, 0.2) is 6.20 Å². The van der Waals surface area contributed by atoms with E-state index in [1.165, 1.54) is 0 Å². The van der Waals surface area contributed by atoms with Crippen molar-refractivity contribution in [3.63, 3.8) is 0 Å². The van der Waals surface area contributed by atoms with Crippen molar-refractivity contribution in [3.8, 4) is 11.8 Å². The molecule has 0 amide bonds. The summed E-state index contributed by atoms with van der Waals surface area (Å²) in [6.07, 6.45) is 2.36. The molecule has 0 saturated carbocycles. The third-order valence-corrected chi connectivity index (χ3v) is 3.18. The molecule has 0 aliphatic heterocycles. The second-order valence-electron chi connectivity index (χ2n) is 5.09. The Balaban J connectivity index is 3.07. The van der Waals surface area contributed by atoms with Gasteiger partial charge in [0.15, 0.2) is 0 Å². The molecule has 0 aliphatic rings. The van der Waals surface area contributed by atoms with Gasteiger partial charge in [0.2, 0.25) is 11.8 Å². The van der Waals surface area contributed by atoms with E-state index in [0.717, 1.165) is 18.7 Å². The predicted octanol–water partition coefficient (Wildman–Crippen LogP) is 1.96. The molecule has 1 aromatic heterocycles. The number of nitrogens with one attached hydrogen (secondary N) is 1. The van der Waals surface area contributed by atoms with Gasteiger partial charge >= 0.3 is 0 Å². The van der Waals surface area contributed by atoms with Crippen LogP contribution in [-0.4, -0.2) is 43.4 Å². The molecule has 0 fully saturated rings. The largest absolute Gasteiger partial charge is 0.480 e. The Hall–Kier alpha value is -1.40. The van der Waals surface area contributed by atoms with Gasteiger partial charge in [-0.3, -0.25) is 0 Å². The summed E-state index contributed by atoms with van der Waals surface area (Å²) >= 11 is 0. The van der Waals surface area contributed by atoms with Crippen LogP contribution in [0.3, 0.4) is 0 Å². The highest BCUT2D eigenvalue weighted by molar-refractivity contribution is 5.26. The topological polar surface area (TPSA) is 65.5 Å². The quantitative estimate of drug-likeness (QED) is 0.786. The highest BCUT2D eigenvalue weighted by atomic mass is 16.5. The summed E-state index contributed by atoms with van der Waals surface area (Å²) in [5.74, 6) is 0.911. The summed E-state index contributed by atoms with van der Waals surface area (Å²) in [6, 6.07) is 0.00306. The fourth-order valence-electron chi connectivity index (χ4n) is 1.94. The van der Waals surface area contributed by atoms with Crippen LogP contribution < -0.4 is 14.8 Å². The molecule has 0 aromatic carbocycles. The van der Waals surface area contributed by atoms with E-state index in [2.05, 4.69) is 22.2 Å². The van der Waals surface area contributed by atoms with Crippen LogP contribution in [0.4, 0.5) is 0 Å². The first-order chi connectivity index (χ1) is 9.47. The molecule has 0 radical (unpaired) electrons. The van der Waals surface area contributed by atoms with Gasteiger partial charge in [-0.15, -0.1) is 0 Å². The Morgan fingerprint density at radius 3 is 2.45 bits per heavy atom. The first-order valence-corrected chi connectivity index (χ1v) is 6.70. The molecule has 6 nitrogen and oxygen atoms in total. The van der Waals surface area contributed by atoms with Crippen LogP contribution >= 0.6 is 0 Å². The zero-order valence-electron chi connectivity index (χ0n) is 13.2. The Morgan fingerprint density at radius 2 is 1.95 bits per heavy atom. The number of ether oxygens (including phenoxy) is 3. The van der Waals surface area contributed by atoms with E-state index in [0.29, 0.717) is 11.8 Å². The standard InChI is InChI=1S/C14H25N3O3/c1-7-15-10(8-14(2,3)20-6)12-13(19-5)17-11(18-4)9-16-12/h9-10,15H,7-8H2,1-6H3. The molecule has 6 heteroatoms. The zero-order chi connectivity index (χ0) is 15.2. The van der Waals surface area contributed by atoms with Gasteiger partial charge in [-0.2, -0.15) is 4.98 Å². The summed E-state index contributed by atoms with van der Waals surface area (Å²) < 4.78 is 15.9. The summed E-state index contributed by atoms with van der Waals surface area (Å²) in [6.45, 7) is 6.96. The Morgan fingerprint density at radius 1 is 1.25 bits per heavy atom. The van der Waals surface area contributed by atoms with E-state index >= 15 is 0 Å². The molecule has 1 N–H and O–H groups in total. The van der Waals surface area contributed by atoms with Crippen molar-refractivity contribution < 1.29 is 14.2 Å². The normalized spacial score (nSPS) is 13.1. The van der Waals surface area contributed by atoms with E-state index in [1.54, 1.807) is 27.5 Å². The minimum atomic E-state index is -0.264. The molecule has 20 heavy (non-hydrogen) atoms. The summed E-state index contributed by atoms with van der Waals surface area (Å²) in [5.41, 5.74) is 0.500. The minimum absolute atomic E-state index is 0.00306. The number of hydrogen-bond acceptors (Lipinski definition) is 6. The lowest BCUT2D eigenvalue weighted by Crippen LogP contribution is -2.32. The van der Waals surface area contributed by atoms with Gasteiger partial charge < -0.3 is 19.5 Å². The van der Waals surface area contributed by atoms with Crippen LogP contribution in [0.25, 0.3) is 0 Å². The summed E-state index contributed by atoms with van der Waals surface area (Å²) in [5, 5.41) is 3.40. The monoisotopic (exact) mass is 283 g/mol. The summed E-state index contributed by atoms with van der Waals surface area (Å²) in [7, 11) is 4.84. The van der Waals surface area contributed by atoms with E-state index in [-0.39, 0.29) is 11.6 Å². The van der Waals surface area contributed by atoms with Crippen molar-refractivity contribution in [2.24, 2.45) is 0 Å². The number of rotatable bonds is 8. The Kier molecular flexibility index (Phi) is 6.16.